The van der Waals surface area contributed by atoms with Gasteiger partial charge in [-0.3, -0.25) is 0 Å². The molecule has 1 N–H and O–H groups in total. The molecular weight excluding hydrogens is 160 g/mol. The largest absolute Gasteiger partial charge is 0.313 e. The molecule has 1 rings (SSSR count). The standard InChI is InChI=1S/C11H22N2/c1-3-4-7-12-10-11-5-8-13(2)9-6-11/h3-4,11-12H,5-10H2,1-2H3/b4-3+. The minimum Gasteiger partial charge on any atom is -0.313 e. The minimum atomic E-state index is 0.904. The van der Waals surface area contributed by atoms with Crippen molar-refractivity contribution in [3.63, 3.8) is 0 Å². The Balaban J connectivity index is 2.02. The maximum atomic E-state index is 3.47. The number of rotatable bonds is 4. The molecule has 0 aromatic rings. The first-order chi connectivity index (χ1) is 6.33. The van der Waals surface area contributed by atoms with Gasteiger partial charge in [0.1, 0.15) is 0 Å². The van der Waals surface area contributed by atoms with Crippen LogP contribution in [-0.2, 0) is 0 Å². The van der Waals surface area contributed by atoms with E-state index in [1.165, 1.54) is 32.5 Å². The summed E-state index contributed by atoms with van der Waals surface area (Å²) >= 11 is 0. The second-order valence-corrected chi connectivity index (χ2v) is 3.97. The fraction of sp³-hybridized carbons (Fsp3) is 0.818. The van der Waals surface area contributed by atoms with Gasteiger partial charge in [0.05, 0.1) is 0 Å². The Bertz CT molecular complexity index is 146. The fourth-order valence-electron chi connectivity index (χ4n) is 1.75. The van der Waals surface area contributed by atoms with E-state index in [0.29, 0.717) is 0 Å². The second-order valence-electron chi connectivity index (χ2n) is 3.97. The third kappa shape index (κ3) is 4.44. The van der Waals surface area contributed by atoms with Crippen LogP contribution in [0.4, 0.5) is 0 Å². The van der Waals surface area contributed by atoms with Crippen LogP contribution in [0.2, 0.25) is 0 Å². The zero-order chi connectivity index (χ0) is 9.52. The zero-order valence-corrected chi connectivity index (χ0v) is 8.92. The summed E-state index contributed by atoms with van der Waals surface area (Å²) in [7, 11) is 2.21. The van der Waals surface area contributed by atoms with Crippen molar-refractivity contribution >= 4 is 0 Å². The molecule has 1 saturated heterocycles. The third-order valence-corrected chi connectivity index (χ3v) is 2.77. The van der Waals surface area contributed by atoms with Gasteiger partial charge in [-0.1, -0.05) is 12.2 Å². The molecular formula is C11H22N2. The number of nitrogens with zero attached hydrogens (tertiary/aromatic N) is 1. The Morgan fingerprint density at radius 2 is 2.08 bits per heavy atom. The van der Waals surface area contributed by atoms with E-state index in [4.69, 9.17) is 0 Å². The first-order valence-electron chi connectivity index (χ1n) is 5.33. The second kappa shape index (κ2) is 6.17. The SMILES string of the molecule is C/C=C/CNCC1CCN(C)CC1. The smallest absolute Gasteiger partial charge is 0.0134 e. The molecule has 2 heteroatoms. The normalized spacial score (nSPS) is 21.4. The van der Waals surface area contributed by atoms with Crippen molar-refractivity contribution < 1.29 is 0 Å². The average molecular weight is 182 g/mol. The first-order valence-corrected chi connectivity index (χ1v) is 5.33. The Morgan fingerprint density at radius 3 is 2.69 bits per heavy atom. The van der Waals surface area contributed by atoms with E-state index < -0.39 is 0 Å². The molecule has 0 unspecified atom stereocenters. The van der Waals surface area contributed by atoms with Crippen molar-refractivity contribution in [1.82, 2.24) is 10.2 Å². The van der Waals surface area contributed by atoms with Gasteiger partial charge in [0.15, 0.2) is 0 Å². The molecule has 0 saturated carbocycles. The summed E-state index contributed by atoms with van der Waals surface area (Å²) in [6.45, 7) is 6.84. The summed E-state index contributed by atoms with van der Waals surface area (Å²) in [5, 5.41) is 3.47. The number of piperidine rings is 1. The number of nitrogens with one attached hydrogen (secondary N) is 1. The molecule has 76 valence electrons. The monoisotopic (exact) mass is 182 g/mol. The minimum absolute atomic E-state index is 0.904. The quantitative estimate of drug-likeness (QED) is 0.523. The van der Waals surface area contributed by atoms with E-state index in [-0.39, 0.29) is 0 Å². The maximum Gasteiger partial charge on any atom is 0.0134 e. The molecule has 13 heavy (non-hydrogen) atoms. The molecule has 0 atom stereocenters. The van der Waals surface area contributed by atoms with Crippen LogP contribution >= 0.6 is 0 Å². The van der Waals surface area contributed by atoms with Gasteiger partial charge >= 0.3 is 0 Å². The lowest BCUT2D eigenvalue weighted by molar-refractivity contribution is 0.217. The summed E-state index contributed by atoms with van der Waals surface area (Å²) in [6.07, 6.45) is 7.00. The first kappa shape index (κ1) is 10.7. The predicted molar refractivity (Wildman–Crippen MR) is 57.9 cm³/mol. The van der Waals surface area contributed by atoms with Crippen LogP contribution in [0.3, 0.4) is 0 Å². The summed E-state index contributed by atoms with van der Waals surface area (Å²) < 4.78 is 0. The lowest BCUT2D eigenvalue weighted by Gasteiger charge is -2.28. The Hall–Kier alpha value is -0.340. The molecule has 0 bridgehead atoms. The molecule has 0 radical (unpaired) electrons. The van der Waals surface area contributed by atoms with Crippen molar-refractivity contribution in [1.29, 1.82) is 0 Å². The number of hydrogen-bond acceptors (Lipinski definition) is 2. The molecule has 0 amide bonds. The summed E-state index contributed by atoms with van der Waals surface area (Å²) in [6, 6.07) is 0. The van der Waals surface area contributed by atoms with Crippen molar-refractivity contribution in [2.45, 2.75) is 19.8 Å². The van der Waals surface area contributed by atoms with Crippen molar-refractivity contribution in [3.05, 3.63) is 12.2 Å². The van der Waals surface area contributed by atoms with Crippen LogP contribution in [0.5, 0.6) is 0 Å². The van der Waals surface area contributed by atoms with Crippen molar-refractivity contribution in [3.8, 4) is 0 Å². The van der Waals surface area contributed by atoms with Gasteiger partial charge in [0.2, 0.25) is 0 Å². The van der Waals surface area contributed by atoms with E-state index in [1.807, 2.05) is 0 Å². The molecule has 0 aromatic heterocycles. The van der Waals surface area contributed by atoms with Crippen LogP contribution in [0.25, 0.3) is 0 Å². The average Bonchev–Trinajstić information content (AvgIpc) is 2.15. The topological polar surface area (TPSA) is 15.3 Å². The van der Waals surface area contributed by atoms with Crippen molar-refractivity contribution in [2.75, 3.05) is 33.2 Å². The van der Waals surface area contributed by atoms with Gasteiger partial charge in [-0.25, -0.2) is 0 Å². The van der Waals surface area contributed by atoms with Gasteiger partial charge < -0.3 is 10.2 Å². The molecule has 2 nitrogen and oxygen atoms in total. The third-order valence-electron chi connectivity index (χ3n) is 2.77. The van der Waals surface area contributed by atoms with E-state index in [0.717, 1.165) is 12.5 Å². The van der Waals surface area contributed by atoms with E-state index in [2.05, 4.69) is 36.3 Å². The number of likely N-dealkylation sites (tertiary alicyclic amines) is 1. The van der Waals surface area contributed by atoms with Crippen molar-refractivity contribution in [2.24, 2.45) is 5.92 Å². The van der Waals surface area contributed by atoms with Crippen LogP contribution < -0.4 is 5.32 Å². The Labute approximate surface area is 82.0 Å². The van der Waals surface area contributed by atoms with Crippen LogP contribution in [0.15, 0.2) is 12.2 Å². The molecule has 1 aliphatic heterocycles. The number of allylic oxidation sites excluding steroid dienone is 1. The van der Waals surface area contributed by atoms with Gasteiger partial charge in [0, 0.05) is 6.54 Å². The van der Waals surface area contributed by atoms with Crippen LogP contribution in [0.1, 0.15) is 19.8 Å². The van der Waals surface area contributed by atoms with Gasteiger partial charge in [-0.2, -0.15) is 0 Å². The van der Waals surface area contributed by atoms with E-state index >= 15 is 0 Å². The maximum absolute atomic E-state index is 3.47. The highest BCUT2D eigenvalue weighted by Crippen LogP contribution is 2.14. The van der Waals surface area contributed by atoms with E-state index in [1.54, 1.807) is 0 Å². The van der Waals surface area contributed by atoms with Gasteiger partial charge in [-0.15, -0.1) is 0 Å². The summed E-state index contributed by atoms with van der Waals surface area (Å²) in [5.74, 6) is 0.904. The molecule has 1 aliphatic rings. The lowest BCUT2D eigenvalue weighted by atomic mass is 9.97. The molecule has 1 fully saturated rings. The highest BCUT2D eigenvalue weighted by atomic mass is 15.1. The predicted octanol–water partition coefficient (Wildman–Crippen LogP) is 1.49. The highest BCUT2D eigenvalue weighted by molar-refractivity contribution is 4.80. The van der Waals surface area contributed by atoms with Crippen LogP contribution in [0, 0.1) is 5.92 Å². The van der Waals surface area contributed by atoms with Crippen LogP contribution in [-0.4, -0.2) is 38.1 Å². The van der Waals surface area contributed by atoms with Gasteiger partial charge in [0.25, 0.3) is 0 Å². The Kier molecular flexibility index (Phi) is 5.09. The lowest BCUT2D eigenvalue weighted by Crippen LogP contribution is -2.34. The fourth-order valence-corrected chi connectivity index (χ4v) is 1.75. The highest BCUT2D eigenvalue weighted by Gasteiger charge is 2.15. The Morgan fingerprint density at radius 1 is 1.38 bits per heavy atom. The molecule has 0 spiro atoms. The number of hydrogen-bond donors (Lipinski definition) is 1. The summed E-state index contributed by atoms with van der Waals surface area (Å²) in [5.41, 5.74) is 0. The van der Waals surface area contributed by atoms with Gasteiger partial charge in [-0.05, 0) is 52.4 Å². The molecule has 0 aliphatic carbocycles. The van der Waals surface area contributed by atoms with E-state index in [9.17, 15) is 0 Å². The zero-order valence-electron chi connectivity index (χ0n) is 8.92. The summed E-state index contributed by atoms with van der Waals surface area (Å²) in [4.78, 5) is 2.42. The molecule has 0 aromatic carbocycles. The molecule has 1 heterocycles.